The van der Waals surface area contributed by atoms with Crippen LogP contribution in [0.1, 0.15) is 56.3 Å². The summed E-state index contributed by atoms with van der Waals surface area (Å²) in [5, 5.41) is 0. The number of aryl methyl sites for hydroxylation is 1. The molecule has 224 valence electrons. The van der Waals surface area contributed by atoms with E-state index in [9.17, 15) is 9.59 Å². The number of rotatable bonds is 8. The number of esters is 1. The van der Waals surface area contributed by atoms with Crippen LogP contribution in [-0.2, 0) is 9.53 Å². The van der Waals surface area contributed by atoms with Gasteiger partial charge < -0.3 is 18.8 Å². The van der Waals surface area contributed by atoms with E-state index in [2.05, 4.69) is 64.4 Å². The summed E-state index contributed by atoms with van der Waals surface area (Å²) in [4.78, 5) is 32.7. The van der Waals surface area contributed by atoms with Crippen molar-refractivity contribution in [3.05, 3.63) is 106 Å². The number of allylic oxidation sites excluding steroid dienone is 1. The summed E-state index contributed by atoms with van der Waals surface area (Å²) < 4.78 is 22.5. The van der Waals surface area contributed by atoms with E-state index >= 15 is 0 Å². The molecule has 0 unspecified atom stereocenters. The second kappa shape index (κ2) is 12.5. The predicted molar refractivity (Wildman–Crippen MR) is 177 cm³/mol. The predicted octanol–water partition coefficient (Wildman–Crippen LogP) is 5.61. The summed E-state index contributed by atoms with van der Waals surface area (Å²) in [5.74, 6) is 0.579. The van der Waals surface area contributed by atoms with Crippen molar-refractivity contribution in [1.82, 2.24) is 9.13 Å². The third-order valence-electron chi connectivity index (χ3n) is 7.22. The maximum atomic E-state index is 14.2. The Morgan fingerprint density at radius 3 is 2.47 bits per heavy atom. The van der Waals surface area contributed by atoms with Gasteiger partial charge in [-0.25, -0.2) is 9.79 Å². The van der Waals surface area contributed by atoms with Gasteiger partial charge in [-0.3, -0.25) is 9.36 Å². The van der Waals surface area contributed by atoms with Crippen LogP contribution in [0.15, 0.2) is 69.6 Å². The lowest BCUT2D eigenvalue weighted by Crippen LogP contribution is -2.40. The highest BCUT2D eigenvalue weighted by Gasteiger charge is 2.34. The van der Waals surface area contributed by atoms with E-state index in [1.54, 1.807) is 25.5 Å². The number of thiazole rings is 1. The third kappa shape index (κ3) is 5.95. The molecule has 2 aromatic heterocycles. The second-order valence-electron chi connectivity index (χ2n) is 10.5. The van der Waals surface area contributed by atoms with Crippen molar-refractivity contribution in [3.8, 4) is 17.2 Å². The van der Waals surface area contributed by atoms with Gasteiger partial charge in [0.15, 0.2) is 16.3 Å². The summed E-state index contributed by atoms with van der Waals surface area (Å²) in [6.45, 7) is 11.7. The van der Waals surface area contributed by atoms with E-state index in [-0.39, 0.29) is 18.3 Å². The molecule has 4 aromatic rings. The fourth-order valence-electron chi connectivity index (χ4n) is 5.37. The Balaban J connectivity index is 1.69. The average Bonchev–Trinajstić information content (AvgIpc) is 3.42. The lowest BCUT2D eigenvalue weighted by atomic mass is 9.95. The van der Waals surface area contributed by atoms with Crippen LogP contribution < -0.4 is 24.4 Å². The first kappa shape index (κ1) is 30.8. The number of nitrogens with zero attached hydrogens (tertiary/aromatic N) is 3. The summed E-state index contributed by atoms with van der Waals surface area (Å²) in [5.41, 5.74) is 5.37. The normalized spacial score (nSPS) is 15.0. The van der Waals surface area contributed by atoms with Crippen molar-refractivity contribution in [3.63, 3.8) is 0 Å². The number of methoxy groups -OCH3 is 1. The van der Waals surface area contributed by atoms with E-state index < -0.39 is 12.0 Å². The van der Waals surface area contributed by atoms with Gasteiger partial charge >= 0.3 is 5.97 Å². The van der Waals surface area contributed by atoms with Crippen LogP contribution in [0.5, 0.6) is 11.5 Å². The number of carbonyl (C=O) groups excluding carboxylic acids is 1. The van der Waals surface area contributed by atoms with Gasteiger partial charge in [0.25, 0.3) is 5.56 Å². The number of carbonyl (C=O) groups is 1. The molecule has 0 bridgehead atoms. The fraction of sp³-hybridized carbons (Fsp3) is 0.303. The lowest BCUT2D eigenvalue weighted by molar-refractivity contribution is -0.139. The molecule has 0 amide bonds. The van der Waals surface area contributed by atoms with Crippen molar-refractivity contribution in [2.75, 3.05) is 13.7 Å². The van der Waals surface area contributed by atoms with Gasteiger partial charge in [0.05, 0.1) is 41.7 Å². The number of aromatic nitrogens is 2. The Morgan fingerprint density at radius 2 is 1.81 bits per heavy atom. The molecule has 5 rings (SSSR count). The SMILES string of the molecule is CCOC(=O)C1=C(C)N=c2s/c(=C/c3cc(C)n(-c4ccc(I)cc4)c3C)c(=O)n2[C@@H]1c1ccc(OC(C)C)c(OC)c1. The van der Waals surface area contributed by atoms with Gasteiger partial charge in [-0.1, -0.05) is 17.4 Å². The number of hydrogen-bond acceptors (Lipinski definition) is 7. The zero-order chi connectivity index (χ0) is 31.0. The van der Waals surface area contributed by atoms with Crippen LogP contribution in [0.2, 0.25) is 0 Å². The first-order chi connectivity index (χ1) is 20.5. The molecule has 1 atom stereocenters. The summed E-state index contributed by atoms with van der Waals surface area (Å²) >= 11 is 3.60. The van der Waals surface area contributed by atoms with Crippen molar-refractivity contribution >= 4 is 46.0 Å². The zero-order valence-corrected chi connectivity index (χ0v) is 28.2. The first-order valence-electron chi connectivity index (χ1n) is 14.0. The molecule has 0 saturated heterocycles. The molecule has 3 heterocycles. The number of benzene rings is 2. The number of ether oxygens (including phenoxy) is 3. The molecule has 0 fully saturated rings. The highest BCUT2D eigenvalue weighted by molar-refractivity contribution is 14.1. The molecular formula is C33H34IN3O5S. The Morgan fingerprint density at radius 1 is 1.09 bits per heavy atom. The van der Waals surface area contributed by atoms with Gasteiger partial charge in [-0.05, 0) is 124 Å². The Hall–Kier alpha value is -3.64. The van der Waals surface area contributed by atoms with Crippen LogP contribution in [0, 0.1) is 17.4 Å². The molecule has 0 radical (unpaired) electrons. The standard InChI is InChI=1S/C33H34IN3O5S/c1-8-41-32(39)29-20(5)35-33-37(30(29)22-9-14-26(42-18(2)3)27(16-22)40-7)31(38)28(43-33)17-23-15-19(4)36(21(23)6)25-12-10-24(34)11-13-25/h9-18,30H,8H2,1-7H3/b28-17+/t30-/m1/s1. The number of fused-ring (bicyclic) bond motifs is 1. The molecule has 1 aliphatic heterocycles. The summed E-state index contributed by atoms with van der Waals surface area (Å²) in [6, 6.07) is 15.1. The van der Waals surface area contributed by atoms with Crippen molar-refractivity contribution in [2.45, 2.75) is 53.7 Å². The second-order valence-corrected chi connectivity index (χ2v) is 12.8. The molecule has 8 nitrogen and oxygen atoms in total. The lowest BCUT2D eigenvalue weighted by Gasteiger charge is -2.25. The fourth-order valence-corrected chi connectivity index (χ4v) is 6.77. The Bertz CT molecular complexity index is 1910. The molecular weight excluding hydrogens is 677 g/mol. The Labute approximate surface area is 268 Å². The van der Waals surface area contributed by atoms with Gasteiger partial charge in [0.2, 0.25) is 0 Å². The molecule has 43 heavy (non-hydrogen) atoms. The summed E-state index contributed by atoms with van der Waals surface area (Å²) in [7, 11) is 1.57. The highest BCUT2D eigenvalue weighted by Crippen LogP contribution is 2.36. The monoisotopic (exact) mass is 711 g/mol. The van der Waals surface area contributed by atoms with Crippen molar-refractivity contribution < 1.29 is 19.0 Å². The van der Waals surface area contributed by atoms with Gasteiger partial charge in [-0.2, -0.15) is 0 Å². The molecule has 10 heteroatoms. The van der Waals surface area contributed by atoms with E-state index in [4.69, 9.17) is 19.2 Å². The smallest absolute Gasteiger partial charge is 0.338 e. The number of hydrogen-bond donors (Lipinski definition) is 0. The summed E-state index contributed by atoms with van der Waals surface area (Å²) in [6.07, 6.45) is 1.86. The topological polar surface area (TPSA) is 84.1 Å². The molecule has 0 spiro atoms. The quantitative estimate of drug-likeness (QED) is 0.176. The van der Waals surface area contributed by atoms with Crippen LogP contribution in [-0.4, -0.2) is 34.9 Å². The number of halogens is 1. The maximum absolute atomic E-state index is 14.2. The molecule has 0 aliphatic carbocycles. The van der Waals surface area contributed by atoms with E-state index in [0.717, 1.165) is 26.2 Å². The van der Waals surface area contributed by atoms with E-state index in [1.807, 2.05) is 45.0 Å². The largest absolute Gasteiger partial charge is 0.493 e. The van der Waals surface area contributed by atoms with Crippen molar-refractivity contribution in [1.29, 1.82) is 0 Å². The van der Waals surface area contributed by atoms with Crippen molar-refractivity contribution in [2.24, 2.45) is 4.99 Å². The zero-order valence-electron chi connectivity index (χ0n) is 25.2. The minimum atomic E-state index is -0.751. The van der Waals surface area contributed by atoms with Crippen LogP contribution in [0.3, 0.4) is 0 Å². The molecule has 0 saturated carbocycles. The maximum Gasteiger partial charge on any atom is 0.338 e. The minimum Gasteiger partial charge on any atom is -0.493 e. The van der Waals surface area contributed by atoms with Crippen LogP contribution >= 0.6 is 33.9 Å². The van der Waals surface area contributed by atoms with Gasteiger partial charge in [0, 0.05) is 20.6 Å². The molecule has 1 aliphatic rings. The van der Waals surface area contributed by atoms with Gasteiger partial charge in [-0.15, -0.1) is 0 Å². The van der Waals surface area contributed by atoms with Crippen LogP contribution in [0.25, 0.3) is 11.8 Å². The Kier molecular flexibility index (Phi) is 8.98. The van der Waals surface area contributed by atoms with E-state index in [1.165, 1.54) is 11.3 Å². The first-order valence-corrected chi connectivity index (χ1v) is 15.9. The minimum absolute atomic E-state index is 0.0535. The third-order valence-corrected chi connectivity index (χ3v) is 8.93. The molecule has 2 aromatic carbocycles. The highest BCUT2D eigenvalue weighted by atomic mass is 127. The van der Waals surface area contributed by atoms with E-state index in [0.29, 0.717) is 37.7 Å². The van der Waals surface area contributed by atoms with Gasteiger partial charge in [0.1, 0.15) is 0 Å². The average molecular weight is 712 g/mol. The molecule has 0 N–H and O–H groups in total. The van der Waals surface area contributed by atoms with Crippen LogP contribution in [0.4, 0.5) is 0 Å².